The van der Waals surface area contributed by atoms with E-state index in [4.69, 9.17) is 4.74 Å². The molecule has 0 aromatic heterocycles. The van der Waals surface area contributed by atoms with Gasteiger partial charge in [-0.1, -0.05) is 6.07 Å². The Morgan fingerprint density at radius 1 is 1.00 bits per heavy atom. The van der Waals surface area contributed by atoms with Crippen molar-refractivity contribution in [3.63, 3.8) is 0 Å². The van der Waals surface area contributed by atoms with Gasteiger partial charge in [-0.05, 0) is 80.6 Å². The van der Waals surface area contributed by atoms with E-state index in [9.17, 15) is 21.6 Å². The molecule has 1 aliphatic heterocycles. The molecule has 1 aliphatic rings. The fraction of sp³-hybridized carbons (Fsp3) is 0.480. The first-order valence-electron chi connectivity index (χ1n) is 12.0. The minimum Gasteiger partial charge on any atom is -0.492 e. The Morgan fingerprint density at radius 2 is 1.67 bits per heavy atom. The Hall–Kier alpha value is -2.63. The molecule has 0 bridgehead atoms. The van der Waals surface area contributed by atoms with Gasteiger partial charge in [-0.2, -0.15) is 4.31 Å². The summed E-state index contributed by atoms with van der Waals surface area (Å²) < 4.78 is 58.1. The van der Waals surface area contributed by atoms with Crippen LogP contribution in [0.2, 0.25) is 0 Å². The topological polar surface area (TPSA) is 113 Å². The van der Waals surface area contributed by atoms with E-state index in [1.54, 1.807) is 18.2 Å². The predicted octanol–water partition coefficient (Wildman–Crippen LogP) is 2.83. The van der Waals surface area contributed by atoms with E-state index in [1.165, 1.54) is 20.7 Å². The first kappa shape index (κ1) is 27.9. The quantitative estimate of drug-likeness (QED) is 0.417. The molecular formula is C25H35N3O6S2. The van der Waals surface area contributed by atoms with E-state index in [0.717, 1.165) is 30.2 Å². The summed E-state index contributed by atoms with van der Waals surface area (Å²) in [5.74, 6) is 0.320. The average Bonchev–Trinajstić information content (AvgIpc) is 3.37. The van der Waals surface area contributed by atoms with Gasteiger partial charge < -0.3 is 10.1 Å². The zero-order chi connectivity index (χ0) is 26.3. The summed E-state index contributed by atoms with van der Waals surface area (Å²) in [5, 5.41) is 2.76. The molecule has 0 atom stereocenters. The maximum Gasteiger partial charge on any atom is 0.243 e. The number of hydrogen-bond donors (Lipinski definition) is 1. The third kappa shape index (κ3) is 7.44. The average molecular weight is 538 g/mol. The van der Waals surface area contributed by atoms with Crippen LogP contribution in [0.25, 0.3) is 0 Å². The zero-order valence-electron chi connectivity index (χ0n) is 21.1. The molecule has 1 amide bonds. The summed E-state index contributed by atoms with van der Waals surface area (Å²) in [4.78, 5) is 12.4. The number of benzene rings is 2. The second-order valence-corrected chi connectivity index (χ2v) is 12.8. The molecule has 2 aromatic rings. The summed E-state index contributed by atoms with van der Waals surface area (Å²) in [6.07, 6.45) is 3.48. The first-order chi connectivity index (χ1) is 17.0. The van der Waals surface area contributed by atoms with Crippen LogP contribution in [0.3, 0.4) is 0 Å². The summed E-state index contributed by atoms with van der Waals surface area (Å²) in [7, 11) is -6.93. The van der Waals surface area contributed by atoms with Gasteiger partial charge in [0.15, 0.2) is 0 Å². The summed E-state index contributed by atoms with van der Waals surface area (Å²) in [5.41, 5.74) is 2.67. The predicted molar refractivity (Wildman–Crippen MR) is 140 cm³/mol. The summed E-state index contributed by atoms with van der Waals surface area (Å²) in [6, 6.07) is 11.8. The van der Waals surface area contributed by atoms with Crippen molar-refractivity contribution in [3.05, 3.63) is 53.6 Å². The minimum absolute atomic E-state index is 0.180. The number of sulfonamides is 2. The zero-order valence-corrected chi connectivity index (χ0v) is 22.7. The van der Waals surface area contributed by atoms with Crippen LogP contribution in [0, 0.1) is 13.8 Å². The number of aryl methyl sites for hydroxylation is 2. The Labute approximate surface area is 214 Å². The molecule has 0 aliphatic carbocycles. The standard InChI is InChI=1S/C25H35N3O6S2/c1-20-8-9-22(19-21(20)2)28(35(3,30)31)17-6-7-25(29)26-14-18-34-23-10-12-24(13-11-23)36(32,33)27-15-4-5-16-27/h8-13,19H,4-7,14-18H2,1-3H3,(H,26,29). The van der Waals surface area contributed by atoms with Gasteiger partial charge in [0.05, 0.1) is 23.4 Å². The van der Waals surface area contributed by atoms with Crippen molar-refractivity contribution >= 4 is 31.6 Å². The fourth-order valence-corrected chi connectivity index (χ4v) is 6.46. The van der Waals surface area contributed by atoms with Gasteiger partial charge in [0.2, 0.25) is 26.0 Å². The molecule has 198 valence electrons. The summed E-state index contributed by atoms with van der Waals surface area (Å²) in [6.45, 7) is 5.71. The highest BCUT2D eigenvalue weighted by atomic mass is 32.2. The molecule has 36 heavy (non-hydrogen) atoms. The van der Waals surface area contributed by atoms with Gasteiger partial charge >= 0.3 is 0 Å². The van der Waals surface area contributed by atoms with Crippen molar-refractivity contribution in [1.29, 1.82) is 0 Å². The van der Waals surface area contributed by atoms with Gasteiger partial charge in [0.25, 0.3) is 0 Å². The van der Waals surface area contributed by atoms with Crippen molar-refractivity contribution in [2.24, 2.45) is 0 Å². The number of hydrogen-bond acceptors (Lipinski definition) is 6. The van der Waals surface area contributed by atoms with Crippen LogP contribution in [0.5, 0.6) is 5.75 Å². The molecule has 0 unspecified atom stereocenters. The van der Waals surface area contributed by atoms with E-state index >= 15 is 0 Å². The van der Waals surface area contributed by atoms with Gasteiger partial charge in [0, 0.05) is 26.1 Å². The lowest BCUT2D eigenvalue weighted by Crippen LogP contribution is -2.33. The number of carbonyl (C=O) groups is 1. The molecule has 11 heteroatoms. The third-order valence-corrected chi connectivity index (χ3v) is 9.27. The van der Waals surface area contributed by atoms with E-state index in [0.29, 0.717) is 30.9 Å². The van der Waals surface area contributed by atoms with E-state index in [1.807, 2.05) is 26.0 Å². The first-order valence-corrected chi connectivity index (χ1v) is 15.3. The highest BCUT2D eigenvalue weighted by molar-refractivity contribution is 7.92. The largest absolute Gasteiger partial charge is 0.492 e. The summed E-state index contributed by atoms with van der Waals surface area (Å²) >= 11 is 0. The molecular weight excluding hydrogens is 502 g/mol. The van der Waals surface area contributed by atoms with E-state index in [2.05, 4.69) is 5.32 Å². The lowest BCUT2D eigenvalue weighted by molar-refractivity contribution is -0.121. The number of rotatable bonds is 12. The second-order valence-electron chi connectivity index (χ2n) is 8.99. The van der Waals surface area contributed by atoms with Crippen molar-refractivity contribution in [2.45, 2.75) is 44.4 Å². The Morgan fingerprint density at radius 3 is 2.28 bits per heavy atom. The van der Waals surface area contributed by atoms with Crippen molar-refractivity contribution in [1.82, 2.24) is 9.62 Å². The van der Waals surface area contributed by atoms with Crippen molar-refractivity contribution in [3.8, 4) is 5.75 Å². The van der Waals surface area contributed by atoms with E-state index in [-0.39, 0.29) is 36.9 Å². The maximum absolute atomic E-state index is 12.6. The lowest BCUT2D eigenvalue weighted by Gasteiger charge is -2.23. The molecule has 0 spiro atoms. The van der Waals surface area contributed by atoms with Crippen LogP contribution in [-0.4, -0.2) is 66.1 Å². The van der Waals surface area contributed by atoms with Crippen LogP contribution in [-0.2, 0) is 24.8 Å². The number of anilines is 1. The fourth-order valence-electron chi connectivity index (χ4n) is 3.98. The van der Waals surface area contributed by atoms with Gasteiger partial charge in [-0.25, -0.2) is 16.8 Å². The molecule has 0 saturated carbocycles. The van der Waals surface area contributed by atoms with Crippen molar-refractivity contribution < 1.29 is 26.4 Å². The molecule has 1 fully saturated rings. The normalized spacial score (nSPS) is 14.5. The molecule has 3 rings (SSSR count). The monoisotopic (exact) mass is 537 g/mol. The molecule has 9 nitrogen and oxygen atoms in total. The van der Waals surface area contributed by atoms with Gasteiger partial charge in [-0.15, -0.1) is 0 Å². The molecule has 0 radical (unpaired) electrons. The number of ether oxygens (including phenoxy) is 1. The molecule has 2 aromatic carbocycles. The van der Waals surface area contributed by atoms with Crippen LogP contribution in [0.4, 0.5) is 5.69 Å². The second kappa shape index (κ2) is 12.1. The molecule has 1 saturated heterocycles. The Balaban J connectivity index is 1.41. The van der Waals surface area contributed by atoms with Gasteiger partial charge in [0.1, 0.15) is 12.4 Å². The van der Waals surface area contributed by atoms with E-state index < -0.39 is 20.0 Å². The Bertz CT molecular complexity index is 1260. The minimum atomic E-state index is -3.47. The molecule has 1 N–H and O–H groups in total. The highest BCUT2D eigenvalue weighted by Crippen LogP contribution is 2.23. The van der Waals surface area contributed by atoms with Gasteiger partial charge in [-0.3, -0.25) is 9.10 Å². The van der Waals surface area contributed by atoms with Crippen LogP contribution < -0.4 is 14.4 Å². The number of nitrogens with one attached hydrogen (secondary N) is 1. The molecule has 1 heterocycles. The van der Waals surface area contributed by atoms with Crippen molar-refractivity contribution in [2.75, 3.05) is 43.3 Å². The number of carbonyl (C=O) groups excluding carboxylic acids is 1. The number of amides is 1. The maximum atomic E-state index is 12.6. The smallest absolute Gasteiger partial charge is 0.243 e. The SMILES string of the molecule is Cc1ccc(N(CCCC(=O)NCCOc2ccc(S(=O)(=O)N3CCCC3)cc2)S(C)(=O)=O)cc1C. The number of nitrogens with zero attached hydrogens (tertiary/aromatic N) is 2. The van der Waals surface area contributed by atoms with Crippen LogP contribution in [0.15, 0.2) is 47.4 Å². The van der Waals surface area contributed by atoms with Crippen LogP contribution in [0.1, 0.15) is 36.8 Å². The highest BCUT2D eigenvalue weighted by Gasteiger charge is 2.27. The lowest BCUT2D eigenvalue weighted by atomic mass is 10.1. The third-order valence-electron chi connectivity index (χ3n) is 6.16. The van der Waals surface area contributed by atoms with Crippen LogP contribution >= 0.6 is 0 Å². The Kier molecular flexibility index (Phi) is 9.37.